The van der Waals surface area contributed by atoms with Crippen LogP contribution in [-0.4, -0.2) is 43.0 Å². The van der Waals surface area contributed by atoms with Gasteiger partial charge in [-0.2, -0.15) is 4.72 Å². The summed E-state index contributed by atoms with van der Waals surface area (Å²) < 4.78 is 49.5. The van der Waals surface area contributed by atoms with Crippen LogP contribution in [0.5, 0.6) is 0 Å². The largest absolute Gasteiger partial charge is 0.465 e. The molecular formula is C21H34N2O5S2. The van der Waals surface area contributed by atoms with Gasteiger partial charge in [0, 0.05) is 18.4 Å². The molecule has 0 aliphatic carbocycles. The van der Waals surface area contributed by atoms with E-state index in [0.717, 1.165) is 0 Å². The van der Waals surface area contributed by atoms with Crippen LogP contribution in [0.1, 0.15) is 41.5 Å². The van der Waals surface area contributed by atoms with E-state index in [0.29, 0.717) is 4.90 Å². The van der Waals surface area contributed by atoms with Gasteiger partial charge in [0.1, 0.15) is 6.04 Å². The highest BCUT2D eigenvalue weighted by atomic mass is 32.2. The summed E-state index contributed by atoms with van der Waals surface area (Å²) in [5.41, 5.74) is 0. The molecule has 9 heteroatoms. The van der Waals surface area contributed by atoms with Crippen molar-refractivity contribution in [1.82, 2.24) is 4.72 Å². The van der Waals surface area contributed by atoms with Crippen molar-refractivity contribution in [3.8, 4) is 0 Å². The Bertz CT molecular complexity index is 955. The third kappa shape index (κ3) is 6.65. The molecule has 1 rings (SSSR count). The van der Waals surface area contributed by atoms with Crippen molar-refractivity contribution in [2.24, 2.45) is 16.2 Å². The van der Waals surface area contributed by atoms with Crippen molar-refractivity contribution in [3.05, 3.63) is 41.8 Å². The first-order valence-electron chi connectivity index (χ1n) is 9.86. The molecule has 0 amide bonds. The molecule has 170 valence electrons. The first kappa shape index (κ1) is 26.3. The topological polar surface area (TPSA) is 102 Å². The van der Waals surface area contributed by atoms with E-state index in [1.807, 2.05) is 19.9 Å². The molecular weight excluding hydrogens is 424 g/mol. The van der Waals surface area contributed by atoms with Gasteiger partial charge in [-0.3, -0.25) is 4.79 Å². The summed E-state index contributed by atoms with van der Waals surface area (Å²) in [6, 6.07) is 7.64. The van der Waals surface area contributed by atoms with Crippen LogP contribution in [0.2, 0.25) is 0 Å². The third-order valence-corrected chi connectivity index (χ3v) is 8.81. The Balaban J connectivity index is 3.44. The number of esters is 1. The quantitative estimate of drug-likeness (QED) is 0.570. The number of carbonyl (C=O) groups is 1. The number of benzene rings is 1. The summed E-state index contributed by atoms with van der Waals surface area (Å²) in [7, 11) is -5.23. The summed E-state index contributed by atoms with van der Waals surface area (Å²) in [5, 5.41) is 1.46. The lowest BCUT2D eigenvalue weighted by atomic mass is 9.89. The molecule has 1 unspecified atom stereocenters. The van der Waals surface area contributed by atoms with Crippen LogP contribution in [0.25, 0.3) is 0 Å². The molecule has 7 nitrogen and oxygen atoms in total. The molecule has 1 aromatic carbocycles. The normalized spacial score (nSPS) is 16.8. The van der Waals surface area contributed by atoms with Crippen molar-refractivity contribution in [2.75, 3.05) is 13.7 Å². The number of nitrogens with zero attached hydrogens (tertiary/aromatic N) is 1. The standard InChI is InChI=1S/C21H34N2O5S2/c1-8-28-20(24)19(23-30(26,27)21(4,5)6)18(16(2)3)14-15-29(25,22-7)17-12-10-9-11-13-17/h9-16,18-19,23H,8H2,1-7H3/b15-14+/t18-,19-,29?/m1/s1. The Kier molecular flexibility index (Phi) is 9.25. The van der Waals surface area contributed by atoms with Gasteiger partial charge >= 0.3 is 5.97 Å². The minimum absolute atomic E-state index is 0.117. The molecule has 0 aliphatic rings. The number of hydrogen-bond acceptors (Lipinski definition) is 6. The first-order valence-corrected chi connectivity index (χ1v) is 12.9. The fourth-order valence-electron chi connectivity index (χ4n) is 2.64. The second kappa shape index (κ2) is 10.5. The summed E-state index contributed by atoms with van der Waals surface area (Å²) in [4.78, 5) is 13.2. The van der Waals surface area contributed by atoms with Gasteiger partial charge in [0.2, 0.25) is 10.0 Å². The molecule has 1 aromatic rings. The van der Waals surface area contributed by atoms with Gasteiger partial charge in [-0.1, -0.05) is 38.1 Å². The zero-order valence-corrected chi connectivity index (χ0v) is 20.4. The molecule has 0 aromatic heterocycles. The maximum absolute atomic E-state index is 13.3. The van der Waals surface area contributed by atoms with Gasteiger partial charge < -0.3 is 4.74 Å². The lowest BCUT2D eigenvalue weighted by Gasteiger charge is -2.30. The van der Waals surface area contributed by atoms with Crippen LogP contribution in [0.4, 0.5) is 0 Å². The monoisotopic (exact) mass is 458 g/mol. The van der Waals surface area contributed by atoms with E-state index in [-0.39, 0.29) is 12.5 Å². The Hall–Kier alpha value is -1.71. The van der Waals surface area contributed by atoms with E-state index in [2.05, 4.69) is 9.08 Å². The van der Waals surface area contributed by atoms with Gasteiger partial charge in [0.15, 0.2) is 0 Å². The molecule has 0 aliphatic heterocycles. The van der Waals surface area contributed by atoms with Crippen molar-refractivity contribution < 1.29 is 22.2 Å². The number of hydrogen-bond donors (Lipinski definition) is 1. The van der Waals surface area contributed by atoms with Crippen LogP contribution >= 0.6 is 0 Å². The maximum atomic E-state index is 13.3. The van der Waals surface area contributed by atoms with E-state index >= 15 is 0 Å². The SMILES string of the molecule is CCOC(=O)[C@H](NS(=O)(=O)C(C)(C)C)[C@H](/C=C/S(=O)(=NC)c1ccccc1)C(C)C. The molecule has 0 heterocycles. The predicted octanol–water partition coefficient (Wildman–Crippen LogP) is 3.58. The summed E-state index contributed by atoms with van der Waals surface area (Å²) in [5.74, 6) is -1.41. The molecule has 0 radical (unpaired) electrons. The van der Waals surface area contributed by atoms with Crippen molar-refractivity contribution >= 4 is 25.7 Å². The highest BCUT2D eigenvalue weighted by Gasteiger charge is 2.38. The lowest BCUT2D eigenvalue weighted by molar-refractivity contribution is -0.146. The van der Waals surface area contributed by atoms with Crippen molar-refractivity contribution in [3.63, 3.8) is 0 Å². The first-order chi connectivity index (χ1) is 13.8. The second-order valence-electron chi connectivity index (χ2n) is 8.18. The fourth-order valence-corrected chi connectivity index (χ4v) is 5.01. The molecule has 0 saturated carbocycles. The summed E-state index contributed by atoms with van der Waals surface area (Å²) in [6.07, 6.45) is 1.61. The van der Waals surface area contributed by atoms with Crippen molar-refractivity contribution in [1.29, 1.82) is 0 Å². The van der Waals surface area contributed by atoms with E-state index in [1.54, 1.807) is 58.0 Å². The zero-order chi connectivity index (χ0) is 23.2. The number of sulfonamides is 1. The third-order valence-electron chi connectivity index (χ3n) is 4.62. The van der Waals surface area contributed by atoms with E-state index in [1.165, 1.54) is 12.5 Å². The van der Waals surface area contributed by atoms with Crippen LogP contribution in [-0.2, 0) is 29.3 Å². The molecule has 0 spiro atoms. The Morgan fingerprint density at radius 1 is 1.17 bits per heavy atom. The van der Waals surface area contributed by atoms with E-state index < -0.39 is 42.4 Å². The van der Waals surface area contributed by atoms with Gasteiger partial charge in [-0.25, -0.2) is 17.0 Å². The molecule has 3 atom stereocenters. The van der Waals surface area contributed by atoms with E-state index in [9.17, 15) is 17.4 Å². The van der Waals surface area contributed by atoms with Gasteiger partial charge in [-0.05, 0) is 45.7 Å². The van der Waals surface area contributed by atoms with Crippen LogP contribution < -0.4 is 4.72 Å². The minimum Gasteiger partial charge on any atom is -0.465 e. The lowest BCUT2D eigenvalue weighted by Crippen LogP contribution is -2.52. The smallest absolute Gasteiger partial charge is 0.324 e. The van der Waals surface area contributed by atoms with Gasteiger partial charge in [-0.15, -0.1) is 0 Å². The molecule has 0 bridgehead atoms. The van der Waals surface area contributed by atoms with Crippen LogP contribution in [0.15, 0.2) is 51.1 Å². The van der Waals surface area contributed by atoms with Gasteiger partial charge in [0.25, 0.3) is 0 Å². The van der Waals surface area contributed by atoms with E-state index in [4.69, 9.17) is 4.74 Å². The van der Waals surface area contributed by atoms with Crippen molar-refractivity contribution in [2.45, 2.75) is 57.2 Å². The molecule has 30 heavy (non-hydrogen) atoms. The highest BCUT2D eigenvalue weighted by Crippen LogP contribution is 2.24. The van der Waals surface area contributed by atoms with Gasteiger partial charge in [0.05, 0.1) is 26.0 Å². The molecule has 1 N–H and O–H groups in total. The van der Waals surface area contributed by atoms with Crippen LogP contribution in [0, 0.1) is 11.8 Å². The average Bonchev–Trinajstić information content (AvgIpc) is 2.66. The second-order valence-corrected chi connectivity index (χ2v) is 12.9. The Labute approximate surface area is 181 Å². The summed E-state index contributed by atoms with van der Waals surface area (Å²) in [6.45, 7) is 10.2. The minimum atomic E-state index is -3.83. The molecule has 0 fully saturated rings. The fraction of sp³-hybridized carbons (Fsp3) is 0.571. The number of carbonyl (C=O) groups excluding carboxylic acids is 1. The number of nitrogens with one attached hydrogen (secondary N) is 1. The predicted molar refractivity (Wildman–Crippen MR) is 121 cm³/mol. The zero-order valence-electron chi connectivity index (χ0n) is 18.8. The van der Waals surface area contributed by atoms with Crippen LogP contribution in [0.3, 0.4) is 0 Å². The summed E-state index contributed by atoms with van der Waals surface area (Å²) >= 11 is 0. The average molecular weight is 459 g/mol. The molecule has 0 saturated heterocycles. The Morgan fingerprint density at radius 2 is 1.73 bits per heavy atom. The highest BCUT2D eigenvalue weighted by molar-refractivity contribution is 7.96. The maximum Gasteiger partial charge on any atom is 0.324 e. The number of rotatable bonds is 9. The Morgan fingerprint density at radius 3 is 2.17 bits per heavy atom. The number of ether oxygens (including phenoxy) is 1.